The van der Waals surface area contributed by atoms with E-state index < -0.39 is 5.97 Å². The molecule has 1 aromatic carbocycles. The first kappa shape index (κ1) is 11.9. The fraction of sp³-hybridized carbons (Fsp3) is 0.364. The second-order valence-electron chi connectivity index (χ2n) is 3.77. The maximum Gasteiger partial charge on any atom is 0.337 e. The van der Waals surface area contributed by atoms with Crippen molar-refractivity contribution in [3.8, 4) is 0 Å². The summed E-state index contributed by atoms with van der Waals surface area (Å²) in [6, 6.07) is 4.91. The molecule has 0 aliphatic heterocycles. The number of rotatable bonds is 4. The Labute approximate surface area is 94.1 Å². The number of anilines is 1. The summed E-state index contributed by atoms with van der Waals surface area (Å²) >= 11 is 5.75. The van der Waals surface area contributed by atoms with Crippen LogP contribution in [0.3, 0.4) is 0 Å². The number of carboxylic acid groups (broad SMARTS) is 1. The van der Waals surface area contributed by atoms with Gasteiger partial charge in [0.25, 0.3) is 0 Å². The SMILES string of the molecule is CC(C)CNc1ccc(Cl)c(C(=O)O)c1. The third-order valence-electron chi connectivity index (χ3n) is 1.91. The van der Waals surface area contributed by atoms with Crippen LogP contribution in [0.2, 0.25) is 5.02 Å². The highest BCUT2D eigenvalue weighted by molar-refractivity contribution is 6.33. The molecule has 82 valence electrons. The highest BCUT2D eigenvalue weighted by Gasteiger charge is 2.09. The summed E-state index contributed by atoms with van der Waals surface area (Å²) in [5.74, 6) is -0.498. The summed E-state index contributed by atoms with van der Waals surface area (Å²) in [6.45, 7) is 4.97. The van der Waals surface area contributed by atoms with E-state index in [1.54, 1.807) is 18.2 Å². The lowest BCUT2D eigenvalue weighted by atomic mass is 10.2. The van der Waals surface area contributed by atoms with Crippen LogP contribution in [0.1, 0.15) is 24.2 Å². The molecule has 0 atom stereocenters. The van der Waals surface area contributed by atoms with E-state index in [2.05, 4.69) is 19.2 Å². The Hall–Kier alpha value is -1.22. The fourth-order valence-electron chi connectivity index (χ4n) is 1.12. The molecule has 0 amide bonds. The van der Waals surface area contributed by atoms with Gasteiger partial charge in [-0.3, -0.25) is 0 Å². The molecule has 1 aromatic rings. The molecule has 0 saturated heterocycles. The predicted octanol–water partition coefficient (Wildman–Crippen LogP) is 3.11. The first-order chi connectivity index (χ1) is 7.00. The molecule has 0 spiro atoms. The summed E-state index contributed by atoms with van der Waals surface area (Å²) < 4.78 is 0. The van der Waals surface area contributed by atoms with E-state index in [9.17, 15) is 4.79 Å². The van der Waals surface area contributed by atoms with Gasteiger partial charge in [0.2, 0.25) is 0 Å². The van der Waals surface area contributed by atoms with Crippen LogP contribution in [0, 0.1) is 5.92 Å². The Bertz CT molecular complexity index is 364. The topological polar surface area (TPSA) is 49.3 Å². The van der Waals surface area contributed by atoms with Gasteiger partial charge in [-0.15, -0.1) is 0 Å². The number of aromatic carboxylic acids is 1. The Balaban J connectivity index is 2.83. The van der Waals surface area contributed by atoms with Gasteiger partial charge in [-0.1, -0.05) is 25.4 Å². The van der Waals surface area contributed by atoms with Crippen molar-refractivity contribution < 1.29 is 9.90 Å². The smallest absolute Gasteiger partial charge is 0.337 e. The van der Waals surface area contributed by atoms with E-state index in [1.807, 2.05) is 0 Å². The minimum atomic E-state index is -1.01. The van der Waals surface area contributed by atoms with Gasteiger partial charge in [-0.05, 0) is 24.1 Å². The van der Waals surface area contributed by atoms with Crippen molar-refractivity contribution in [1.82, 2.24) is 0 Å². The zero-order valence-electron chi connectivity index (χ0n) is 8.75. The molecule has 15 heavy (non-hydrogen) atoms. The normalized spacial score (nSPS) is 10.4. The van der Waals surface area contributed by atoms with Crippen molar-refractivity contribution in [3.63, 3.8) is 0 Å². The first-order valence-electron chi connectivity index (χ1n) is 4.77. The van der Waals surface area contributed by atoms with Crippen LogP contribution in [-0.2, 0) is 0 Å². The molecule has 0 aromatic heterocycles. The third kappa shape index (κ3) is 3.44. The van der Waals surface area contributed by atoms with E-state index >= 15 is 0 Å². The third-order valence-corrected chi connectivity index (χ3v) is 2.24. The maximum atomic E-state index is 10.8. The average molecular weight is 228 g/mol. The zero-order valence-corrected chi connectivity index (χ0v) is 9.51. The van der Waals surface area contributed by atoms with E-state index in [0.29, 0.717) is 5.92 Å². The van der Waals surface area contributed by atoms with E-state index in [-0.39, 0.29) is 10.6 Å². The molecule has 0 bridgehead atoms. The van der Waals surface area contributed by atoms with Crippen molar-refractivity contribution >= 4 is 23.3 Å². The fourth-order valence-corrected chi connectivity index (χ4v) is 1.32. The van der Waals surface area contributed by atoms with Crippen molar-refractivity contribution in [2.75, 3.05) is 11.9 Å². The summed E-state index contributed by atoms with van der Waals surface area (Å²) in [6.07, 6.45) is 0. The molecule has 0 saturated carbocycles. The van der Waals surface area contributed by atoms with Gasteiger partial charge >= 0.3 is 5.97 Å². The van der Waals surface area contributed by atoms with Gasteiger partial charge in [0, 0.05) is 12.2 Å². The molecule has 4 heteroatoms. The highest BCUT2D eigenvalue weighted by Crippen LogP contribution is 2.20. The predicted molar refractivity (Wildman–Crippen MR) is 61.7 cm³/mol. The van der Waals surface area contributed by atoms with Gasteiger partial charge in [0.05, 0.1) is 10.6 Å². The van der Waals surface area contributed by atoms with Crippen molar-refractivity contribution in [2.45, 2.75) is 13.8 Å². The van der Waals surface area contributed by atoms with E-state index in [4.69, 9.17) is 16.7 Å². The molecular weight excluding hydrogens is 214 g/mol. The largest absolute Gasteiger partial charge is 0.478 e. The lowest BCUT2D eigenvalue weighted by molar-refractivity contribution is 0.0697. The Kier molecular flexibility index (Phi) is 3.97. The number of halogens is 1. The second kappa shape index (κ2) is 5.03. The number of carbonyl (C=O) groups is 1. The van der Waals surface area contributed by atoms with Crippen LogP contribution in [-0.4, -0.2) is 17.6 Å². The molecule has 1 rings (SSSR count). The summed E-state index contributed by atoms with van der Waals surface area (Å²) in [4.78, 5) is 10.8. The van der Waals surface area contributed by atoms with Crippen LogP contribution in [0.5, 0.6) is 0 Å². The standard InChI is InChI=1S/C11H14ClNO2/c1-7(2)6-13-8-3-4-10(12)9(5-8)11(14)15/h3-5,7,13H,6H2,1-2H3,(H,14,15). The molecule has 0 radical (unpaired) electrons. The molecule has 0 unspecified atom stereocenters. The monoisotopic (exact) mass is 227 g/mol. The first-order valence-corrected chi connectivity index (χ1v) is 5.15. The van der Waals surface area contributed by atoms with Gasteiger partial charge in [0.1, 0.15) is 0 Å². The maximum absolute atomic E-state index is 10.8. The molecular formula is C11H14ClNO2. The van der Waals surface area contributed by atoms with Crippen LogP contribution < -0.4 is 5.32 Å². The van der Waals surface area contributed by atoms with E-state index in [0.717, 1.165) is 12.2 Å². The van der Waals surface area contributed by atoms with Crippen LogP contribution in [0.15, 0.2) is 18.2 Å². The van der Waals surface area contributed by atoms with Gasteiger partial charge in [-0.25, -0.2) is 4.79 Å². The molecule has 0 aliphatic carbocycles. The van der Waals surface area contributed by atoms with E-state index in [1.165, 1.54) is 0 Å². The Morgan fingerprint density at radius 2 is 2.20 bits per heavy atom. The van der Waals surface area contributed by atoms with Gasteiger partial charge in [0.15, 0.2) is 0 Å². The molecule has 3 nitrogen and oxygen atoms in total. The number of hydrogen-bond acceptors (Lipinski definition) is 2. The number of benzene rings is 1. The Morgan fingerprint density at radius 1 is 1.53 bits per heavy atom. The van der Waals surface area contributed by atoms with Crippen molar-refractivity contribution in [2.24, 2.45) is 5.92 Å². The lowest BCUT2D eigenvalue weighted by Gasteiger charge is -2.09. The number of hydrogen-bond donors (Lipinski definition) is 2. The summed E-state index contributed by atoms with van der Waals surface area (Å²) in [5.41, 5.74) is 0.913. The number of nitrogens with one attached hydrogen (secondary N) is 1. The molecule has 0 fully saturated rings. The summed E-state index contributed by atoms with van der Waals surface area (Å²) in [5, 5.41) is 12.3. The average Bonchev–Trinajstić information content (AvgIpc) is 2.16. The highest BCUT2D eigenvalue weighted by atomic mass is 35.5. The summed E-state index contributed by atoms with van der Waals surface area (Å²) in [7, 11) is 0. The minimum Gasteiger partial charge on any atom is -0.478 e. The van der Waals surface area contributed by atoms with Crippen LogP contribution >= 0.6 is 11.6 Å². The van der Waals surface area contributed by atoms with Crippen molar-refractivity contribution in [3.05, 3.63) is 28.8 Å². The number of carboxylic acids is 1. The van der Waals surface area contributed by atoms with Crippen molar-refractivity contribution in [1.29, 1.82) is 0 Å². The quantitative estimate of drug-likeness (QED) is 0.831. The minimum absolute atomic E-state index is 0.130. The van der Waals surface area contributed by atoms with Gasteiger partial charge < -0.3 is 10.4 Å². The lowest BCUT2D eigenvalue weighted by Crippen LogP contribution is -2.08. The van der Waals surface area contributed by atoms with Crippen LogP contribution in [0.4, 0.5) is 5.69 Å². The molecule has 0 heterocycles. The van der Waals surface area contributed by atoms with Gasteiger partial charge in [-0.2, -0.15) is 0 Å². The second-order valence-corrected chi connectivity index (χ2v) is 4.18. The zero-order chi connectivity index (χ0) is 11.4. The Morgan fingerprint density at radius 3 is 2.73 bits per heavy atom. The van der Waals surface area contributed by atoms with Crippen LogP contribution in [0.25, 0.3) is 0 Å². The molecule has 0 aliphatic rings. The molecule has 2 N–H and O–H groups in total.